The van der Waals surface area contributed by atoms with Gasteiger partial charge in [0.1, 0.15) is 17.7 Å². The van der Waals surface area contributed by atoms with Crippen LogP contribution in [0.4, 0.5) is 0 Å². The van der Waals surface area contributed by atoms with Crippen LogP contribution in [-0.4, -0.2) is 19.9 Å². The molecule has 0 unspecified atom stereocenters. The largest absolute Gasteiger partial charge is 0.338 e. The van der Waals surface area contributed by atoms with Gasteiger partial charge in [-0.05, 0) is 0 Å². The maximum absolute atomic E-state index is 5.37. The van der Waals surface area contributed by atoms with Crippen molar-refractivity contribution >= 4 is 11.2 Å². The normalized spacial score (nSPS) is 10.6. The molecular weight excluding hydrogens is 142 g/mol. The fraction of sp³-hybridized carbons (Fsp3) is 0.167. The van der Waals surface area contributed by atoms with Gasteiger partial charge < -0.3 is 10.7 Å². The summed E-state index contributed by atoms with van der Waals surface area (Å²) in [6.07, 6.45) is 3.14. The van der Waals surface area contributed by atoms with Crippen LogP contribution in [0.2, 0.25) is 0 Å². The molecule has 0 saturated carbocycles. The summed E-state index contributed by atoms with van der Waals surface area (Å²) in [5.74, 6) is 0.737. The molecule has 0 aliphatic carbocycles. The van der Waals surface area contributed by atoms with Crippen LogP contribution in [0.15, 0.2) is 12.5 Å². The summed E-state index contributed by atoms with van der Waals surface area (Å²) in [7, 11) is 0. The second-order valence-electron chi connectivity index (χ2n) is 2.15. The van der Waals surface area contributed by atoms with Crippen LogP contribution in [0.25, 0.3) is 11.2 Å². The van der Waals surface area contributed by atoms with Gasteiger partial charge in [0.2, 0.25) is 0 Å². The summed E-state index contributed by atoms with van der Waals surface area (Å²) in [6.45, 7) is 0.399. The average molecular weight is 149 g/mol. The molecular formula is C6H7N5. The van der Waals surface area contributed by atoms with E-state index < -0.39 is 0 Å². The number of aromatic amines is 1. The van der Waals surface area contributed by atoms with Crippen molar-refractivity contribution in [1.82, 2.24) is 19.9 Å². The van der Waals surface area contributed by atoms with Crippen molar-refractivity contribution in [2.24, 2.45) is 5.73 Å². The molecule has 0 fully saturated rings. The number of aromatic nitrogens is 4. The van der Waals surface area contributed by atoms with Gasteiger partial charge in [-0.3, -0.25) is 0 Å². The van der Waals surface area contributed by atoms with Crippen molar-refractivity contribution in [1.29, 1.82) is 0 Å². The van der Waals surface area contributed by atoms with Gasteiger partial charge in [0, 0.05) is 0 Å². The SMILES string of the molecule is NCc1nc2ncncc2[nH]1. The number of nitrogens with two attached hydrogens (primary N) is 1. The fourth-order valence-corrected chi connectivity index (χ4v) is 0.908. The van der Waals surface area contributed by atoms with Crippen molar-refractivity contribution in [3.05, 3.63) is 18.3 Å². The van der Waals surface area contributed by atoms with Gasteiger partial charge in [-0.1, -0.05) is 0 Å². The number of hydrogen-bond donors (Lipinski definition) is 2. The maximum atomic E-state index is 5.37. The van der Waals surface area contributed by atoms with Crippen molar-refractivity contribution in [2.45, 2.75) is 6.54 Å². The van der Waals surface area contributed by atoms with Gasteiger partial charge >= 0.3 is 0 Å². The quantitative estimate of drug-likeness (QED) is 0.589. The molecule has 0 spiro atoms. The molecule has 0 atom stereocenters. The molecule has 0 aliphatic heterocycles. The van der Waals surface area contributed by atoms with E-state index in [4.69, 9.17) is 5.73 Å². The van der Waals surface area contributed by atoms with Crippen molar-refractivity contribution in [2.75, 3.05) is 0 Å². The van der Waals surface area contributed by atoms with Crippen molar-refractivity contribution < 1.29 is 0 Å². The molecule has 2 aromatic heterocycles. The van der Waals surface area contributed by atoms with E-state index in [-0.39, 0.29) is 0 Å². The number of nitrogens with zero attached hydrogens (tertiary/aromatic N) is 3. The zero-order valence-electron chi connectivity index (χ0n) is 5.78. The van der Waals surface area contributed by atoms with Crippen molar-refractivity contribution in [3.63, 3.8) is 0 Å². The highest BCUT2D eigenvalue weighted by Gasteiger charge is 1.99. The molecule has 0 amide bonds. The Balaban J connectivity index is 2.69. The third-order valence-electron chi connectivity index (χ3n) is 1.40. The first-order valence-electron chi connectivity index (χ1n) is 3.25. The molecule has 56 valence electrons. The monoisotopic (exact) mass is 149 g/mol. The highest BCUT2D eigenvalue weighted by atomic mass is 15.0. The minimum Gasteiger partial charge on any atom is -0.338 e. The summed E-state index contributed by atoms with van der Waals surface area (Å²) >= 11 is 0. The second kappa shape index (κ2) is 2.28. The molecule has 0 radical (unpaired) electrons. The summed E-state index contributed by atoms with van der Waals surface area (Å²) in [5, 5.41) is 0. The Morgan fingerprint density at radius 3 is 3.18 bits per heavy atom. The smallest absolute Gasteiger partial charge is 0.180 e. The van der Waals surface area contributed by atoms with Crippen molar-refractivity contribution in [3.8, 4) is 0 Å². The lowest BCUT2D eigenvalue weighted by Crippen LogP contribution is -1.97. The summed E-state index contributed by atoms with van der Waals surface area (Å²) in [5.41, 5.74) is 6.87. The lowest BCUT2D eigenvalue weighted by Gasteiger charge is -1.81. The van der Waals surface area contributed by atoms with Gasteiger partial charge in [-0.2, -0.15) is 0 Å². The number of nitrogens with one attached hydrogen (secondary N) is 1. The minimum absolute atomic E-state index is 0.399. The van der Waals surface area contributed by atoms with E-state index in [1.807, 2.05) is 0 Å². The summed E-state index contributed by atoms with van der Waals surface area (Å²) in [4.78, 5) is 14.9. The first kappa shape index (κ1) is 6.23. The molecule has 5 nitrogen and oxygen atoms in total. The number of imidazole rings is 1. The van der Waals surface area contributed by atoms with Gasteiger partial charge in [0.15, 0.2) is 5.65 Å². The van der Waals surface area contributed by atoms with E-state index in [0.29, 0.717) is 12.2 Å². The first-order valence-corrected chi connectivity index (χ1v) is 3.25. The number of H-pyrrole nitrogens is 1. The Bertz CT molecular complexity index is 333. The molecule has 0 bridgehead atoms. The van der Waals surface area contributed by atoms with Crippen LogP contribution in [0.1, 0.15) is 5.82 Å². The predicted octanol–water partition coefficient (Wildman–Crippen LogP) is -0.188. The minimum atomic E-state index is 0.399. The fourth-order valence-electron chi connectivity index (χ4n) is 0.908. The molecule has 2 rings (SSSR count). The number of rotatable bonds is 1. The van der Waals surface area contributed by atoms with Crippen LogP contribution in [0, 0.1) is 0 Å². The molecule has 2 heterocycles. The third-order valence-corrected chi connectivity index (χ3v) is 1.40. The third kappa shape index (κ3) is 0.947. The van der Waals surface area contributed by atoms with Gasteiger partial charge in [-0.15, -0.1) is 0 Å². The molecule has 0 aromatic carbocycles. The molecule has 5 heteroatoms. The Kier molecular flexibility index (Phi) is 1.29. The maximum Gasteiger partial charge on any atom is 0.180 e. The zero-order chi connectivity index (χ0) is 7.68. The van der Waals surface area contributed by atoms with E-state index >= 15 is 0 Å². The van der Waals surface area contributed by atoms with Crippen LogP contribution >= 0.6 is 0 Å². The van der Waals surface area contributed by atoms with E-state index in [1.165, 1.54) is 6.33 Å². The second-order valence-corrected chi connectivity index (χ2v) is 2.15. The van der Waals surface area contributed by atoms with E-state index in [9.17, 15) is 0 Å². The zero-order valence-corrected chi connectivity index (χ0v) is 5.78. The van der Waals surface area contributed by atoms with Gasteiger partial charge in [0.05, 0.1) is 12.7 Å². The Labute approximate surface area is 62.7 Å². The average Bonchev–Trinajstić information content (AvgIpc) is 2.46. The molecule has 11 heavy (non-hydrogen) atoms. The van der Waals surface area contributed by atoms with Crippen LogP contribution in [-0.2, 0) is 6.54 Å². The predicted molar refractivity (Wildman–Crippen MR) is 39.6 cm³/mol. The molecule has 0 aliphatic rings. The standard InChI is InChI=1S/C6H7N5/c7-1-5-10-4-2-8-3-9-6(4)11-5/h2-3H,1,7H2,(H,8,9,10,11). The molecule has 0 saturated heterocycles. The Hall–Kier alpha value is -1.49. The summed E-state index contributed by atoms with van der Waals surface area (Å²) < 4.78 is 0. The van der Waals surface area contributed by atoms with Crippen LogP contribution in [0.3, 0.4) is 0 Å². The topological polar surface area (TPSA) is 80.5 Å². The number of fused-ring (bicyclic) bond motifs is 1. The van der Waals surface area contributed by atoms with Gasteiger partial charge in [-0.25, -0.2) is 15.0 Å². The molecule has 2 aromatic rings. The van der Waals surface area contributed by atoms with E-state index in [1.54, 1.807) is 6.20 Å². The molecule has 3 N–H and O–H groups in total. The van der Waals surface area contributed by atoms with E-state index in [2.05, 4.69) is 19.9 Å². The van der Waals surface area contributed by atoms with Crippen LogP contribution < -0.4 is 5.73 Å². The highest BCUT2D eigenvalue weighted by molar-refractivity contribution is 5.68. The summed E-state index contributed by atoms with van der Waals surface area (Å²) in [6, 6.07) is 0. The number of hydrogen-bond acceptors (Lipinski definition) is 4. The lowest BCUT2D eigenvalue weighted by atomic mass is 10.6. The first-order chi connectivity index (χ1) is 5.40. The lowest BCUT2D eigenvalue weighted by molar-refractivity contribution is 0.956. The van der Waals surface area contributed by atoms with Gasteiger partial charge in [0.25, 0.3) is 0 Å². The Morgan fingerprint density at radius 1 is 1.55 bits per heavy atom. The van der Waals surface area contributed by atoms with Crippen LogP contribution in [0.5, 0.6) is 0 Å². The Morgan fingerprint density at radius 2 is 2.45 bits per heavy atom. The van der Waals surface area contributed by atoms with E-state index in [0.717, 1.165) is 11.3 Å². The highest BCUT2D eigenvalue weighted by Crippen LogP contribution is 2.04.